The highest BCUT2D eigenvalue weighted by molar-refractivity contribution is 7.17. The fraction of sp³-hybridized carbons (Fsp3) is 0.250. The van der Waals surface area contributed by atoms with Gasteiger partial charge in [0.15, 0.2) is 0 Å². The number of nitrogens with zero attached hydrogens (tertiary/aromatic N) is 1. The number of hydrogen-bond acceptors (Lipinski definition) is 6. The molecule has 0 spiro atoms. The minimum atomic E-state index is -0.452. The number of fused-ring (bicyclic) bond motifs is 1. The van der Waals surface area contributed by atoms with Crippen LogP contribution in [0.2, 0.25) is 5.02 Å². The van der Waals surface area contributed by atoms with Gasteiger partial charge >= 0.3 is 5.97 Å². The van der Waals surface area contributed by atoms with Gasteiger partial charge in [-0.1, -0.05) is 41.9 Å². The van der Waals surface area contributed by atoms with Gasteiger partial charge in [-0.05, 0) is 35.7 Å². The lowest BCUT2D eigenvalue weighted by Gasteiger charge is -2.27. The van der Waals surface area contributed by atoms with Gasteiger partial charge < -0.3 is 14.8 Å². The number of halogens is 2. The van der Waals surface area contributed by atoms with E-state index in [0.717, 1.165) is 23.5 Å². The third-order valence-corrected chi connectivity index (χ3v) is 6.77. The average Bonchev–Trinajstić information content (AvgIpc) is 3.16. The molecule has 9 heteroatoms. The van der Waals surface area contributed by atoms with Crippen LogP contribution in [-0.2, 0) is 24.2 Å². The number of rotatable bonds is 6. The van der Waals surface area contributed by atoms with Gasteiger partial charge in [0.1, 0.15) is 10.8 Å². The second kappa shape index (κ2) is 11.0. The van der Waals surface area contributed by atoms with E-state index in [1.165, 1.54) is 31.1 Å². The van der Waals surface area contributed by atoms with Crippen LogP contribution in [0.3, 0.4) is 0 Å². The molecule has 4 rings (SSSR count). The molecule has 0 radical (unpaired) electrons. The summed E-state index contributed by atoms with van der Waals surface area (Å²) in [6.07, 6.45) is 0.708. The Bertz CT molecular complexity index is 1150. The van der Waals surface area contributed by atoms with Gasteiger partial charge in [-0.2, -0.15) is 0 Å². The topological polar surface area (TPSA) is 67.9 Å². The second-order valence-electron chi connectivity index (χ2n) is 7.44. The molecular formula is C24H24Cl2N2O4S. The van der Waals surface area contributed by atoms with Crippen LogP contribution in [0.5, 0.6) is 5.75 Å². The molecule has 1 aromatic heterocycles. The number of benzene rings is 2. The van der Waals surface area contributed by atoms with E-state index in [1.807, 2.05) is 18.2 Å². The van der Waals surface area contributed by atoms with E-state index in [0.29, 0.717) is 39.9 Å². The lowest BCUT2D eigenvalue weighted by atomic mass is 10.0. The van der Waals surface area contributed by atoms with E-state index < -0.39 is 11.9 Å². The molecule has 2 aromatic carbocycles. The summed E-state index contributed by atoms with van der Waals surface area (Å²) >= 11 is 7.49. The first-order valence-corrected chi connectivity index (χ1v) is 11.3. The van der Waals surface area contributed by atoms with Crippen molar-refractivity contribution in [3.63, 3.8) is 0 Å². The van der Waals surface area contributed by atoms with E-state index in [4.69, 9.17) is 21.1 Å². The highest BCUT2D eigenvalue weighted by Crippen LogP contribution is 2.38. The first kappa shape index (κ1) is 25.1. The Hall–Kier alpha value is -2.58. The molecule has 174 valence electrons. The van der Waals surface area contributed by atoms with E-state index in [1.54, 1.807) is 18.2 Å². The molecule has 1 N–H and O–H groups in total. The number of hydrogen-bond donors (Lipinski definition) is 1. The number of amides is 1. The van der Waals surface area contributed by atoms with Crippen LogP contribution in [0.15, 0.2) is 48.5 Å². The van der Waals surface area contributed by atoms with Crippen LogP contribution in [0, 0.1) is 0 Å². The van der Waals surface area contributed by atoms with Crippen molar-refractivity contribution >= 4 is 52.2 Å². The molecule has 3 aromatic rings. The first-order valence-electron chi connectivity index (χ1n) is 10.1. The largest absolute Gasteiger partial charge is 0.496 e. The Morgan fingerprint density at radius 2 is 1.91 bits per heavy atom. The molecule has 0 bridgehead atoms. The summed E-state index contributed by atoms with van der Waals surface area (Å²) < 4.78 is 10.3. The molecule has 1 aliphatic rings. The van der Waals surface area contributed by atoms with Crippen LogP contribution in [0.1, 0.15) is 36.7 Å². The molecule has 2 heterocycles. The standard InChI is InChI=1S/C24H23ClN2O4S.ClH/c1-30-19-9-8-16(25)12-18(19)22(28)26-23-21(24(29)31-2)17-10-11-27(14-20(17)32-23)13-15-6-4-3-5-7-15;/h3-9,12H,10-11,13-14H2,1-2H3,(H,26,28);1H. The number of carbonyl (C=O) groups excluding carboxylic acids is 2. The Morgan fingerprint density at radius 1 is 1.15 bits per heavy atom. The maximum atomic E-state index is 13.0. The summed E-state index contributed by atoms with van der Waals surface area (Å²) in [5.41, 5.74) is 2.91. The van der Waals surface area contributed by atoms with Crippen molar-refractivity contribution in [1.29, 1.82) is 0 Å². The highest BCUT2D eigenvalue weighted by Gasteiger charge is 2.30. The summed E-state index contributed by atoms with van der Waals surface area (Å²) in [5.74, 6) is -0.441. The normalized spacial score (nSPS) is 12.9. The van der Waals surface area contributed by atoms with Gasteiger partial charge in [0, 0.05) is 29.5 Å². The van der Waals surface area contributed by atoms with Gasteiger partial charge in [-0.15, -0.1) is 23.7 Å². The minimum absolute atomic E-state index is 0. The molecular weight excluding hydrogens is 483 g/mol. The molecule has 0 fully saturated rings. The van der Waals surface area contributed by atoms with E-state index in [2.05, 4.69) is 22.3 Å². The molecule has 1 amide bonds. The Kier molecular flexibility index (Phi) is 8.37. The molecule has 1 aliphatic heterocycles. The summed E-state index contributed by atoms with van der Waals surface area (Å²) in [6.45, 7) is 2.35. The number of anilines is 1. The Balaban J connectivity index is 0.00000306. The molecule has 0 aliphatic carbocycles. The summed E-state index contributed by atoms with van der Waals surface area (Å²) in [6, 6.07) is 15.1. The zero-order chi connectivity index (χ0) is 22.7. The Labute approximate surface area is 207 Å². The van der Waals surface area contributed by atoms with Crippen molar-refractivity contribution in [1.82, 2.24) is 4.90 Å². The number of carbonyl (C=O) groups is 2. The van der Waals surface area contributed by atoms with Gasteiger partial charge in [-0.3, -0.25) is 9.69 Å². The van der Waals surface area contributed by atoms with E-state index in [9.17, 15) is 9.59 Å². The van der Waals surface area contributed by atoms with Gasteiger partial charge in [0.2, 0.25) is 0 Å². The van der Waals surface area contributed by atoms with E-state index in [-0.39, 0.29) is 12.4 Å². The highest BCUT2D eigenvalue weighted by atomic mass is 35.5. The van der Waals surface area contributed by atoms with Crippen LogP contribution < -0.4 is 10.1 Å². The Morgan fingerprint density at radius 3 is 2.61 bits per heavy atom. The smallest absolute Gasteiger partial charge is 0.341 e. The van der Waals surface area contributed by atoms with Crippen LogP contribution >= 0.6 is 35.3 Å². The fourth-order valence-electron chi connectivity index (χ4n) is 3.87. The van der Waals surface area contributed by atoms with Crippen LogP contribution in [0.25, 0.3) is 0 Å². The SMILES string of the molecule is COC(=O)c1c(NC(=O)c2cc(Cl)ccc2OC)sc2c1CCN(Cc1ccccc1)C2.Cl. The third kappa shape index (κ3) is 5.50. The summed E-state index contributed by atoms with van der Waals surface area (Å²) in [7, 11) is 2.84. The average molecular weight is 507 g/mol. The predicted molar refractivity (Wildman–Crippen MR) is 133 cm³/mol. The van der Waals surface area contributed by atoms with Crippen molar-refractivity contribution in [2.45, 2.75) is 19.5 Å². The number of esters is 1. The molecule has 0 saturated heterocycles. The van der Waals surface area contributed by atoms with Gasteiger partial charge in [0.05, 0.1) is 25.3 Å². The van der Waals surface area contributed by atoms with Gasteiger partial charge in [0.25, 0.3) is 5.91 Å². The number of thiophene rings is 1. The fourth-order valence-corrected chi connectivity index (χ4v) is 5.31. The van der Waals surface area contributed by atoms with Crippen molar-refractivity contribution in [2.24, 2.45) is 0 Å². The number of ether oxygens (including phenoxy) is 2. The molecule has 33 heavy (non-hydrogen) atoms. The lowest BCUT2D eigenvalue weighted by molar-refractivity contribution is 0.0600. The second-order valence-corrected chi connectivity index (χ2v) is 8.99. The minimum Gasteiger partial charge on any atom is -0.496 e. The van der Waals surface area contributed by atoms with Crippen molar-refractivity contribution in [3.8, 4) is 5.75 Å². The van der Waals surface area contributed by atoms with Crippen molar-refractivity contribution in [3.05, 3.63) is 80.7 Å². The summed E-state index contributed by atoms with van der Waals surface area (Å²) in [5, 5.41) is 3.79. The quantitative estimate of drug-likeness (QED) is 0.451. The van der Waals surface area contributed by atoms with Crippen molar-refractivity contribution in [2.75, 3.05) is 26.1 Å². The summed E-state index contributed by atoms with van der Waals surface area (Å²) in [4.78, 5) is 29.0. The maximum Gasteiger partial charge on any atom is 0.341 e. The zero-order valence-corrected chi connectivity index (χ0v) is 20.6. The molecule has 6 nitrogen and oxygen atoms in total. The lowest BCUT2D eigenvalue weighted by Crippen LogP contribution is -2.29. The zero-order valence-electron chi connectivity index (χ0n) is 18.2. The molecule has 0 unspecified atom stereocenters. The number of methoxy groups -OCH3 is 2. The predicted octanol–water partition coefficient (Wildman–Crippen LogP) is 5.43. The van der Waals surface area contributed by atoms with Crippen LogP contribution in [-0.4, -0.2) is 37.5 Å². The first-order chi connectivity index (χ1) is 15.5. The molecule has 0 saturated carbocycles. The maximum absolute atomic E-state index is 13.0. The third-order valence-electron chi connectivity index (χ3n) is 5.41. The number of nitrogens with one attached hydrogen (secondary N) is 1. The van der Waals surface area contributed by atoms with Crippen LogP contribution in [0.4, 0.5) is 5.00 Å². The molecule has 0 atom stereocenters. The monoisotopic (exact) mass is 506 g/mol. The van der Waals surface area contributed by atoms with Gasteiger partial charge in [-0.25, -0.2) is 4.79 Å². The van der Waals surface area contributed by atoms with E-state index >= 15 is 0 Å². The van der Waals surface area contributed by atoms with Crippen molar-refractivity contribution < 1.29 is 19.1 Å².